The van der Waals surface area contributed by atoms with E-state index in [0.29, 0.717) is 25.2 Å². The third kappa shape index (κ3) is 4.04. The SMILES string of the molecule is CN1CCN(C(=O)c2ccc(OC(F)(F)F)cc2)Cc2ccccc21. The molecular formula is C18H17F3N2O2. The number of carbonyl (C=O) groups is 1. The number of likely N-dealkylation sites (N-methyl/N-ethyl adjacent to an activating group) is 1. The van der Waals surface area contributed by atoms with Crippen LogP contribution in [-0.4, -0.2) is 37.3 Å². The van der Waals surface area contributed by atoms with Crippen LogP contribution in [0, 0.1) is 0 Å². The Kier molecular flexibility index (Phi) is 4.57. The summed E-state index contributed by atoms with van der Waals surface area (Å²) in [6, 6.07) is 12.9. The van der Waals surface area contributed by atoms with Crippen molar-refractivity contribution in [2.24, 2.45) is 0 Å². The maximum Gasteiger partial charge on any atom is 0.573 e. The number of alkyl halides is 3. The zero-order valence-electron chi connectivity index (χ0n) is 13.6. The fraction of sp³-hybridized carbons (Fsp3) is 0.278. The molecule has 1 aliphatic rings. The normalized spacial score (nSPS) is 14.7. The van der Waals surface area contributed by atoms with E-state index in [4.69, 9.17) is 0 Å². The van der Waals surface area contributed by atoms with Gasteiger partial charge in [-0.3, -0.25) is 4.79 Å². The molecule has 0 radical (unpaired) electrons. The number of halogens is 3. The highest BCUT2D eigenvalue weighted by molar-refractivity contribution is 5.94. The second-order valence-electron chi connectivity index (χ2n) is 5.85. The van der Waals surface area contributed by atoms with Crippen molar-refractivity contribution in [3.8, 4) is 5.75 Å². The summed E-state index contributed by atoms with van der Waals surface area (Å²) in [5, 5.41) is 0. The number of fused-ring (bicyclic) bond motifs is 1. The number of amides is 1. The predicted octanol–water partition coefficient (Wildman–Crippen LogP) is 3.68. The van der Waals surface area contributed by atoms with Crippen LogP contribution in [-0.2, 0) is 6.54 Å². The minimum Gasteiger partial charge on any atom is -0.406 e. The molecule has 0 bridgehead atoms. The first-order valence-corrected chi connectivity index (χ1v) is 7.77. The number of hydrogen-bond acceptors (Lipinski definition) is 3. The molecule has 1 aliphatic heterocycles. The van der Waals surface area contributed by atoms with Gasteiger partial charge in [-0.2, -0.15) is 0 Å². The Labute approximate surface area is 143 Å². The summed E-state index contributed by atoms with van der Waals surface area (Å²) in [6.07, 6.45) is -4.75. The quantitative estimate of drug-likeness (QED) is 0.828. The number of para-hydroxylation sites is 1. The Morgan fingerprint density at radius 2 is 1.72 bits per heavy atom. The Hall–Kier alpha value is -2.70. The lowest BCUT2D eigenvalue weighted by molar-refractivity contribution is -0.274. The highest BCUT2D eigenvalue weighted by Crippen LogP contribution is 2.26. The second-order valence-corrected chi connectivity index (χ2v) is 5.85. The average molecular weight is 350 g/mol. The summed E-state index contributed by atoms with van der Waals surface area (Å²) in [6.45, 7) is 1.67. The molecule has 132 valence electrons. The van der Waals surface area contributed by atoms with Gasteiger partial charge in [-0.1, -0.05) is 18.2 Å². The fourth-order valence-electron chi connectivity index (χ4n) is 2.85. The summed E-state index contributed by atoms with van der Waals surface area (Å²) < 4.78 is 40.5. The van der Waals surface area contributed by atoms with Gasteiger partial charge < -0.3 is 14.5 Å². The number of ether oxygens (including phenoxy) is 1. The minimum atomic E-state index is -4.75. The number of carbonyl (C=O) groups excluding carboxylic acids is 1. The maximum absolute atomic E-state index is 12.7. The minimum absolute atomic E-state index is 0.219. The van der Waals surface area contributed by atoms with E-state index >= 15 is 0 Å². The topological polar surface area (TPSA) is 32.8 Å². The first kappa shape index (κ1) is 17.1. The van der Waals surface area contributed by atoms with Gasteiger partial charge in [0.15, 0.2) is 0 Å². The molecule has 0 saturated carbocycles. The zero-order valence-corrected chi connectivity index (χ0v) is 13.6. The molecule has 2 aromatic rings. The highest BCUT2D eigenvalue weighted by atomic mass is 19.4. The summed E-state index contributed by atoms with van der Waals surface area (Å²) in [7, 11) is 1.97. The van der Waals surface area contributed by atoms with Crippen LogP contribution in [0.5, 0.6) is 5.75 Å². The van der Waals surface area contributed by atoms with Gasteiger partial charge in [0.25, 0.3) is 5.91 Å². The van der Waals surface area contributed by atoms with Crippen LogP contribution in [0.4, 0.5) is 18.9 Å². The molecule has 0 spiro atoms. The van der Waals surface area contributed by atoms with Crippen molar-refractivity contribution in [1.82, 2.24) is 4.90 Å². The Morgan fingerprint density at radius 3 is 2.40 bits per heavy atom. The Bertz CT molecular complexity index is 760. The molecule has 2 aromatic carbocycles. The van der Waals surface area contributed by atoms with Gasteiger partial charge in [0.05, 0.1) is 0 Å². The molecule has 0 fully saturated rings. The predicted molar refractivity (Wildman–Crippen MR) is 87.6 cm³/mol. The van der Waals surface area contributed by atoms with Gasteiger partial charge >= 0.3 is 6.36 Å². The molecule has 0 unspecified atom stereocenters. The van der Waals surface area contributed by atoms with E-state index in [1.54, 1.807) is 4.90 Å². The molecule has 0 aliphatic carbocycles. The standard InChI is InChI=1S/C18H17F3N2O2/c1-22-10-11-23(12-14-4-2-3-5-16(14)22)17(24)13-6-8-15(9-7-13)25-18(19,20)21/h2-9H,10-12H2,1H3. The molecule has 25 heavy (non-hydrogen) atoms. The summed E-state index contributed by atoms with van der Waals surface area (Å²) >= 11 is 0. The van der Waals surface area contributed by atoms with E-state index in [-0.39, 0.29) is 11.7 Å². The van der Waals surface area contributed by atoms with E-state index in [1.165, 1.54) is 12.1 Å². The molecule has 3 rings (SSSR count). The smallest absolute Gasteiger partial charge is 0.406 e. The molecular weight excluding hydrogens is 333 g/mol. The van der Waals surface area contributed by atoms with Crippen molar-refractivity contribution < 1.29 is 22.7 Å². The van der Waals surface area contributed by atoms with Gasteiger partial charge in [-0.05, 0) is 35.9 Å². The van der Waals surface area contributed by atoms with Crippen LogP contribution in [0.2, 0.25) is 0 Å². The first-order valence-electron chi connectivity index (χ1n) is 7.77. The molecule has 1 amide bonds. The lowest BCUT2D eigenvalue weighted by atomic mass is 10.1. The summed E-state index contributed by atoms with van der Waals surface area (Å²) in [5.41, 5.74) is 2.44. The van der Waals surface area contributed by atoms with Gasteiger partial charge in [-0.15, -0.1) is 13.2 Å². The molecule has 0 N–H and O–H groups in total. The Balaban J connectivity index is 1.77. The highest BCUT2D eigenvalue weighted by Gasteiger charge is 2.31. The molecule has 0 atom stereocenters. The number of nitrogens with zero attached hydrogens (tertiary/aromatic N) is 2. The molecule has 0 saturated heterocycles. The average Bonchev–Trinajstić information content (AvgIpc) is 2.73. The third-order valence-electron chi connectivity index (χ3n) is 4.09. The largest absolute Gasteiger partial charge is 0.573 e. The van der Waals surface area contributed by atoms with Crippen LogP contribution in [0.25, 0.3) is 0 Å². The van der Waals surface area contributed by atoms with Crippen molar-refractivity contribution in [3.05, 3.63) is 59.7 Å². The number of anilines is 1. The van der Waals surface area contributed by atoms with Crippen LogP contribution in [0.1, 0.15) is 15.9 Å². The van der Waals surface area contributed by atoms with Gasteiger partial charge in [-0.25, -0.2) is 0 Å². The van der Waals surface area contributed by atoms with E-state index in [1.807, 2.05) is 31.3 Å². The molecule has 4 nitrogen and oxygen atoms in total. The number of rotatable bonds is 2. The zero-order chi connectivity index (χ0) is 18.0. The second kappa shape index (κ2) is 6.66. The van der Waals surface area contributed by atoms with Crippen LogP contribution in [0.15, 0.2) is 48.5 Å². The summed E-state index contributed by atoms with van der Waals surface area (Å²) in [5.74, 6) is -0.561. The van der Waals surface area contributed by atoms with E-state index in [2.05, 4.69) is 9.64 Å². The van der Waals surface area contributed by atoms with Crippen LogP contribution >= 0.6 is 0 Å². The number of benzene rings is 2. The summed E-state index contributed by atoms with van der Waals surface area (Å²) in [4.78, 5) is 16.5. The lowest BCUT2D eigenvalue weighted by Crippen LogP contribution is -2.34. The van der Waals surface area contributed by atoms with Gasteiger partial charge in [0.2, 0.25) is 0 Å². The van der Waals surface area contributed by atoms with Crippen LogP contribution < -0.4 is 9.64 Å². The van der Waals surface area contributed by atoms with Crippen molar-refractivity contribution in [2.75, 3.05) is 25.0 Å². The molecule has 0 aromatic heterocycles. The van der Waals surface area contributed by atoms with Crippen LogP contribution in [0.3, 0.4) is 0 Å². The van der Waals surface area contributed by atoms with E-state index < -0.39 is 6.36 Å². The molecule has 1 heterocycles. The monoisotopic (exact) mass is 350 g/mol. The fourth-order valence-corrected chi connectivity index (χ4v) is 2.85. The maximum atomic E-state index is 12.7. The third-order valence-corrected chi connectivity index (χ3v) is 4.09. The number of hydrogen-bond donors (Lipinski definition) is 0. The lowest BCUT2D eigenvalue weighted by Gasteiger charge is -2.21. The van der Waals surface area contributed by atoms with Gasteiger partial charge in [0.1, 0.15) is 5.75 Å². The van der Waals surface area contributed by atoms with Crippen molar-refractivity contribution in [3.63, 3.8) is 0 Å². The first-order chi connectivity index (χ1) is 11.8. The van der Waals surface area contributed by atoms with Crippen molar-refractivity contribution in [2.45, 2.75) is 12.9 Å². The van der Waals surface area contributed by atoms with Crippen molar-refractivity contribution >= 4 is 11.6 Å². The van der Waals surface area contributed by atoms with Gasteiger partial charge in [0, 0.05) is 37.9 Å². The molecule has 7 heteroatoms. The Morgan fingerprint density at radius 1 is 1.04 bits per heavy atom. The van der Waals surface area contributed by atoms with Crippen molar-refractivity contribution in [1.29, 1.82) is 0 Å². The van der Waals surface area contributed by atoms with E-state index in [0.717, 1.165) is 23.4 Å². The van der Waals surface area contributed by atoms with E-state index in [9.17, 15) is 18.0 Å².